The van der Waals surface area contributed by atoms with Gasteiger partial charge in [-0.1, -0.05) is 23.4 Å². The summed E-state index contributed by atoms with van der Waals surface area (Å²) in [4.78, 5) is 6.27. The Morgan fingerprint density at radius 2 is 1.83 bits per heavy atom. The summed E-state index contributed by atoms with van der Waals surface area (Å²) in [5.41, 5.74) is 2.05. The van der Waals surface area contributed by atoms with Crippen LogP contribution in [-0.2, 0) is 0 Å². The monoisotopic (exact) mass is 350 g/mol. The summed E-state index contributed by atoms with van der Waals surface area (Å²) >= 11 is 7.65. The molecular weight excluding hydrogens is 332 g/mol. The zero-order valence-electron chi connectivity index (χ0n) is 13.1. The van der Waals surface area contributed by atoms with E-state index in [0.29, 0.717) is 5.02 Å². The molecule has 0 unspecified atom stereocenters. The molecule has 0 saturated heterocycles. The fraction of sp³-hybridized carbons (Fsp3) is 0.294. The predicted octanol–water partition coefficient (Wildman–Crippen LogP) is 4.31. The first-order chi connectivity index (χ1) is 11.0. The summed E-state index contributed by atoms with van der Waals surface area (Å²) in [6, 6.07) is 8.88. The minimum atomic E-state index is 0.0785. The van der Waals surface area contributed by atoms with Crippen LogP contribution in [0.4, 0.5) is 11.4 Å². The summed E-state index contributed by atoms with van der Waals surface area (Å²) in [6.07, 6.45) is 0.996. The van der Waals surface area contributed by atoms with Gasteiger partial charge in [-0.05, 0) is 57.4 Å². The lowest BCUT2D eigenvalue weighted by Crippen LogP contribution is -2.25. The minimum absolute atomic E-state index is 0.0785. The van der Waals surface area contributed by atoms with E-state index < -0.39 is 0 Å². The number of nitrogens with zero attached hydrogens (tertiary/aromatic N) is 2. The molecule has 0 amide bonds. The van der Waals surface area contributed by atoms with E-state index in [2.05, 4.69) is 23.9 Å². The number of phenolic OH excluding ortho intramolecular Hbond substituents is 2. The third-order valence-corrected chi connectivity index (χ3v) is 5.16. The third kappa shape index (κ3) is 3.37. The average molecular weight is 351 g/mol. The van der Waals surface area contributed by atoms with Crippen molar-refractivity contribution in [1.29, 1.82) is 0 Å². The number of aromatic hydroxyl groups is 2. The van der Waals surface area contributed by atoms with Crippen molar-refractivity contribution >= 4 is 34.7 Å². The Balaban J connectivity index is 2.00. The lowest BCUT2D eigenvalue weighted by atomic mass is 10.2. The highest BCUT2D eigenvalue weighted by atomic mass is 35.5. The largest absolute Gasteiger partial charge is 0.508 e. The molecule has 0 aromatic heterocycles. The van der Waals surface area contributed by atoms with Gasteiger partial charge in [0.25, 0.3) is 0 Å². The second-order valence-corrected chi connectivity index (χ2v) is 7.32. The average Bonchev–Trinajstić information content (AvgIpc) is 2.48. The van der Waals surface area contributed by atoms with E-state index in [1.54, 1.807) is 18.2 Å². The van der Waals surface area contributed by atoms with E-state index in [0.717, 1.165) is 40.7 Å². The lowest BCUT2D eigenvalue weighted by Gasteiger charge is -2.33. The zero-order valence-corrected chi connectivity index (χ0v) is 14.7. The van der Waals surface area contributed by atoms with Crippen LogP contribution in [-0.4, -0.2) is 42.3 Å². The van der Waals surface area contributed by atoms with Crippen LogP contribution in [0.5, 0.6) is 11.5 Å². The van der Waals surface area contributed by atoms with Gasteiger partial charge in [0.05, 0.1) is 16.4 Å². The zero-order chi connectivity index (χ0) is 16.6. The maximum Gasteiger partial charge on any atom is 0.135 e. The Labute approximate surface area is 145 Å². The van der Waals surface area contributed by atoms with Crippen molar-refractivity contribution in [3.63, 3.8) is 0 Å². The first kappa shape index (κ1) is 16.3. The van der Waals surface area contributed by atoms with Gasteiger partial charge in [-0.2, -0.15) is 0 Å². The molecule has 0 saturated carbocycles. The number of phenols is 2. The summed E-state index contributed by atoms with van der Waals surface area (Å²) in [5, 5.41) is 20.0. The van der Waals surface area contributed by atoms with Crippen LogP contribution in [0.25, 0.3) is 0 Å². The van der Waals surface area contributed by atoms with Crippen LogP contribution in [0.3, 0.4) is 0 Å². The van der Waals surface area contributed by atoms with Gasteiger partial charge >= 0.3 is 0 Å². The van der Waals surface area contributed by atoms with Crippen molar-refractivity contribution in [2.24, 2.45) is 0 Å². The van der Waals surface area contributed by atoms with Crippen LogP contribution >= 0.6 is 23.4 Å². The molecule has 0 bridgehead atoms. The fourth-order valence-electron chi connectivity index (χ4n) is 2.67. The van der Waals surface area contributed by atoms with Crippen LogP contribution in [0.1, 0.15) is 6.42 Å². The molecule has 0 radical (unpaired) electrons. The first-order valence-corrected chi connectivity index (χ1v) is 8.61. The number of rotatable bonds is 4. The Hall–Kier alpha value is -1.56. The normalized spacial score (nSPS) is 13.1. The van der Waals surface area contributed by atoms with Gasteiger partial charge in [-0.3, -0.25) is 0 Å². The van der Waals surface area contributed by atoms with Gasteiger partial charge in [-0.15, -0.1) is 0 Å². The summed E-state index contributed by atoms with van der Waals surface area (Å²) < 4.78 is 0. The highest BCUT2D eigenvalue weighted by molar-refractivity contribution is 7.99. The van der Waals surface area contributed by atoms with Crippen LogP contribution in [0, 0.1) is 0 Å². The van der Waals surface area contributed by atoms with Gasteiger partial charge < -0.3 is 20.0 Å². The van der Waals surface area contributed by atoms with Crippen LogP contribution < -0.4 is 4.90 Å². The second-order valence-electron chi connectivity index (χ2n) is 5.83. The second kappa shape index (κ2) is 6.51. The molecule has 1 heterocycles. The molecule has 0 aliphatic carbocycles. The number of halogens is 1. The van der Waals surface area contributed by atoms with E-state index in [4.69, 9.17) is 11.6 Å². The molecule has 0 atom stereocenters. The maximum absolute atomic E-state index is 9.89. The van der Waals surface area contributed by atoms with Crippen LogP contribution in [0.15, 0.2) is 40.1 Å². The Kier molecular flexibility index (Phi) is 4.62. The molecule has 6 heteroatoms. The van der Waals surface area contributed by atoms with Crippen molar-refractivity contribution in [3.8, 4) is 11.5 Å². The molecular formula is C17H19ClN2O2S. The van der Waals surface area contributed by atoms with Gasteiger partial charge in [0.1, 0.15) is 11.5 Å². The van der Waals surface area contributed by atoms with E-state index in [9.17, 15) is 10.2 Å². The maximum atomic E-state index is 9.89. The van der Waals surface area contributed by atoms with Crippen molar-refractivity contribution in [1.82, 2.24) is 4.90 Å². The van der Waals surface area contributed by atoms with Gasteiger partial charge in [0.2, 0.25) is 0 Å². The van der Waals surface area contributed by atoms with Gasteiger partial charge in [0, 0.05) is 16.3 Å². The SMILES string of the molecule is CN(C)CCCN1c2ccc(O)cc2Sc2cc(O)c(Cl)cc21. The van der Waals surface area contributed by atoms with Crippen molar-refractivity contribution in [2.75, 3.05) is 32.1 Å². The van der Waals surface area contributed by atoms with Crippen molar-refractivity contribution in [3.05, 3.63) is 35.4 Å². The summed E-state index contributed by atoms with van der Waals surface area (Å²) in [5.74, 6) is 0.320. The molecule has 2 aromatic rings. The Bertz CT molecular complexity index is 737. The molecule has 0 fully saturated rings. The Morgan fingerprint density at radius 1 is 1.09 bits per heavy atom. The van der Waals surface area contributed by atoms with Crippen molar-refractivity contribution < 1.29 is 10.2 Å². The first-order valence-electron chi connectivity index (χ1n) is 7.41. The van der Waals surface area contributed by atoms with Gasteiger partial charge in [0.15, 0.2) is 0 Å². The number of hydrogen-bond donors (Lipinski definition) is 2. The van der Waals surface area contributed by atoms with Gasteiger partial charge in [-0.25, -0.2) is 0 Å². The quantitative estimate of drug-likeness (QED) is 0.860. The number of hydrogen-bond acceptors (Lipinski definition) is 5. The molecule has 0 spiro atoms. The Morgan fingerprint density at radius 3 is 2.57 bits per heavy atom. The highest BCUT2D eigenvalue weighted by Gasteiger charge is 2.25. The number of anilines is 2. The summed E-state index contributed by atoms with van der Waals surface area (Å²) in [6.45, 7) is 1.82. The third-order valence-electron chi connectivity index (χ3n) is 3.76. The summed E-state index contributed by atoms with van der Waals surface area (Å²) in [7, 11) is 4.11. The van der Waals surface area contributed by atoms with E-state index in [1.807, 2.05) is 12.1 Å². The molecule has 23 heavy (non-hydrogen) atoms. The van der Waals surface area contributed by atoms with Crippen molar-refractivity contribution in [2.45, 2.75) is 16.2 Å². The molecule has 1 aliphatic heterocycles. The molecule has 2 aromatic carbocycles. The molecule has 3 rings (SSSR count). The van der Waals surface area contributed by atoms with E-state index in [1.165, 1.54) is 11.8 Å². The number of fused-ring (bicyclic) bond motifs is 2. The van der Waals surface area contributed by atoms with Crippen LogP contribution in [0.2, 0.25) is 5.02 Å². The fourth-order valence-corrected chi connectivity index (χ4v) is 3.97. The molecule has 1 aliphatic rings. The molecule has 122 valence electrons. The van der Waals surface area contributed by atoms with E-state index >= 15 is 0 Å². The lowest BCUT2D eigenvalue weighted by molar-refractivity contribution is 0.402. The standard InChI is InChI=1S/C17H19ClN2O2S/c1-19(2)6-3-7-20-13-5-4-11(21)8-16(13)23-17-10-15(22)12(18)9-14(17)20/h4-5,8-10,21-22H,3,6-7H2,1-2H3. The minimum Gasteiger partial charge on any atom is -0.508 e. The molecule has 4 nitrogen and oxygen atoms in total. The highest BCUT2D eigenvalue weighted by Crippen LogP contribution is 2.51. The smallest absolute Gasteiger partial charge is 0.135 e. The number of benzene rings is 2. The topological polar surface area (TPSA) is 46.9 Å². The molecule has 2 N–H and O–H groups in total. The predicted molar refractivity (Wildman–Crippen MR) is 95.5 cm³/mol. The van der Waals surface area contributed by atoms with E-state index in [-0.39, 0.29) is 11.5 Å².